The van der Waals surface area contributed by atoms with Crippen molar-refractivity contribution in [3.63, 3.8) is 0 Å². The molecule has 156 valence electrons. The van der Waals surface area contributed by atoms with Gasteiger partial charge in [-0.2, -0.15) is 11.3 Å². The summed E-state index contributed by atoms with van der Waals surface area (Å²) < 4.78 is 19.7. The summed E-state index contributed by atoms with van der Waals surface area (Å²) in [6, 6.07) is 6.70. The zero-order valence-corrected chi connectivity index (χ0v) is 18.0. The molecule has 0 bridgehead atoms. The number of aliphatic hydroxyl groups is 1. The van der Waals surface area contributed by atoms with Crippen LogP contribution < -0.4 is 4.90 Å². The Morgan fingerprint density at radius 2 is 2.06 bits per heavy atom. The van der Waals surface area contributed by atoms with E-state index in [1.807, 2.05) is 10.8 Å². The van der Waals surface area contributed by atoms with Gasteiger partial charge in [0, 0.05) is 0 Å². The summed E-state index contributed by atoms with van der Waals surface area (Å²) in [6.45, 7) is 3.38. The second-order valence-electron chi connectivity index (χ2n) is 7.16. The highest BCUT2D eigenvalue weighted by Crippen LogP contribution is 2.45. The number of Topliss-reactive ketones (excluding diaryl/α,β-unsaturated/α-hetero) is 1. The topological polar surface area (TPSA) is 83.6 Å². The van der Waals surface area contributed by atoms with E-state index in [4.69, 9.17) is 4.42 Å². The van der Waals surface area contributed by atoms with Crippen LogP contribution in [0.15, 0.2) is 56.8 Å². The highest BCUT2D eigenvalue weighted by Gasteiger charge is 2.46. The predicted octanol–water partition coefficient (Wildman–Crippen LogP) is 5.49. The maximum atomic E-state index is 13.7. The number of hydrogen-bond acceptors (Lipinski definition) is 7. The quantitative estimate of drug-likeness (QED) is 0.412. The molecule has 3 aromatic heterocycles. The lowest BCUT2D eigenvalue weighted by Gasteiger charge is -2.23. The van der Waals surface area contributed by atoms with Crippen molar-refractivity contribution in [3.8, 4) is 0 Å². The van der Waals surface area contributed by atoms with Crippen molar-refractivity contribution >= 4 is 49.7 Å². The van der Waals surface area contributed by atoms with E-state index in [1.165, 1.54) is 34.4 Å². The number of nitrogens with zero attached hydrogens (tertiary/aromatic N) is 2. The molecular weight excluding hydrogens is 439 g/mol. The molecule has 9 heteroatoms. The van der Waals surface area contributed by atoms with Crippen LogP contribution >= 0.6 is 22.7 Å². The van der Waals surface area contributed by atoms with Crippen LogP contribution in [0.2, 0.25) is 0 Å². The number of thiazole rings is 1. The van der Waals surface area contributed by atoms with Crippen LogP contribution in [-0.2, 0) is 4.79 Å². The minimum Gasteiger partial charge on any atom is -0.503 e. The zero-order valence-electron chi connectivity index (χ0n) is 16.4. The summed E-state index contributed by atoms with van der Waals surface area (Å²) in [5.41, 5.74) is 1.46. The van der Waals surface area contributed by atoms with Gasteiger partial charge in [-0.05, 0) is 60.5 Å². The Balaban J connectivity index is 1.67. The summed E-state index contributed by atoms with van der Waals surface area (Å²) in [7, 11) is 0. The van der Waals surface area contributed by atoms with Gasteiger partial charge >= 0.3 is 0 Å². The highest BCUT2D eigenvalue weighted by molar-refractivity contribution is 7.22. The molecule has 5 rings (SSSR count). The van der Waals surface area contributed by atoms with E-state index in [1.54, 1.807) is 26.0 Å². The first-order valence-electron chi connectivity index (χ1n) is 9.31. The molecule has 0 saturated heterocycles. The smallest absolute Gasteiger partial charge is 0.296 e. The molecule has 1 amide bonds. The Hall–Kier alpha value is -3.30. The third kappa shape index (κ3) is 3.08. The average molecular weight is 455 g/mol. The number of furan rings is 1. The Bertz CT molecular complexity index is 1380. The number of benzene rings is 1. The third-order valence-electron chi connectivity index (χ3n) is 5.14. The Morgan fingerprint density at radius 3 is 2.74 bits per heavy atom. The third-order valence-corrected chi connectivity index (χ3v) is 6.86. The van der Waals surface area contributed by atoms with Gasteiger partial charge in [-0.15, -0.1) is 0 Å². The standard InChI is InChI=1S/C22H15FN2O4S2/c1-10-7-14(11(2)29-10)19(26)17-18(12-5-6-30-9-12)25(21(28)20(17)27)22-24-15-4-3-13(23)8-16(15)31-22/h3-9,18,27H,1-2H3. The molecule has 1 atom stereocenters. The number of aliphatic hydroxyl groups excluding tert-OH is 1. The first-order valence-corrected chi connectivity index (χ1v) is 11.1. The maximum absolute atomic E-state index is 13.7. The molecule has 1 aliphatic heterocycles. The fourth-order valence-electron chi connectivity index (χ4n) is 3.77. The summed E-state index contributed by atoms with van der Waals surface area (Å²) >= 11 is 2.53. The molecule has 0 fully saturated rings. The fraction of sp³-hybridized carbons (Fsp3) is 0.136. The van der Waals surface area contributed by atoms with Crippen LogP contribution in [0, 0.1) is 19.7 Å². The molecule has 0 saturated carbocycles. The van der Waals surface area contributed by atoms with E-state index in [2.05, 4.69) is 4.98 Å². The second-order valence-corrected chi connectivity index (χ2v) is 8.95. The molecule has 1 unspecified atom stereocenters. The number of halogens is 1. The SMILES string of the molecule is Cc1cc(C(=O)C2=C(O)C(=O)N(c3nc4ccc(F)cc4s3)C2c2ccsc2)c(C)o1. The minimum absolute atomic E-state index is 0.0299. The van der Waals surface area contributed by atoms with Gasteiger partial charge in [-0.1, -0.05) is 11.3 Å². The second kappa shape index (κ2) is 7.14. The lowest BCUT2D eigenvalue weighted by atomic mass is 9.94. The van der Waals surface area contributed by atoms with Crippen LogP contribution in [0.1, 0.15) is 33.5 Å². The van der Waals surface area contributed by atoms with Crippen molar-refractivity contribution in [1.82, 2.24) is 4.98 Å². The van der Waals surface area contributed by atoms with Crippen LogP contribution in [0.5, 0.6) is 0 Å². The molecule has 0 radical (unpaired) electrons. The van der Waals surface area contributed by atoms with E-state index in [0.29, 0.717) is 32.9 Å². The molecule has 0 aliphatic carbocycles. The van der Waals surface area contributed by atoms with Crippen molar-refractivity contribution < 1.29 is 23.5 Å². The largest absolute Gasteiger partial charge is 0.503 e. The number of rotatable bonds is 4. The minimum atomic E-state index is -0.855. The van der Waals surface area contributed by atoms with Crippen LogP contribution in [0.25, 0.3) is 10.2 Å². The molecule has 1 N–H and O–H groups in total. The van der Waals surface area contributed by atoms with Gasteiger partial charge in [-0.3, -0.25) is 14.5 Å². The number of thiophene rings is 1. The molecule has 31 heavy (non-hydrogen) atoms. The van der Waals surface area contributed by atoms with Crippen LogP contribution in [0.4, 0.5) is 9.52 Å². The van der Waals surface area contributed by atoms with Gasteiger partial charge in [0.05, 0.1) is 27.4 Å². The molecular formula is C22H15FN2O4S2. The number of fused-ring (bicyclic) bond motifs is 1. The molecule has 0 spiro atoms. The molecule has 4 heterocycles. The van der Waals surface area contributed by atoms with Gasteiger partial charge in [-0.25, -0.2) is 9.37 Å². The summed E-state index contributed by atoms with van der Waals surface area (Å²) in [5.74, 6) is -1.27. The van der Waals surface area contributed by atoms with E-state index in [0.717, 1.165) is 11.3 Å². The summed E-state index contributed by atoms with van der Waals surface area (Å²) in [6.07, 6.45) is 0. The summed E-state index contributed by atoms with van der Waals surface area (Å²) in [4.78, 5) is 32.3. The molecule has 4 aromatic rings. The number of carbonyl (C=O) groups is 2. The first-order chi connectivity index (χ1) is 14.8. The number of anilines is 1. The maximum Gasteiger partial charge on any atom is 0.296 e. The normalized spacial score (nSPS) is 16.7. The van der Waals surface area contributed by atoms with Crippen molar-refractivity contribution in [3.05, 3.63) is 80.9 Å². The monoisotopic (exact) mass is 454 g/mol. The molecule has 1 aliphatic rings. The van der Waals surface area contributed by atoms with Gasteiger partial charge < -0.3 is 9.52 Å². The van der Waals surface area contributed by atoms with E-state index >= 15 is 0 Å². The average Bonchev–Trinajstić information content (AvgIpc) is 3.48. The fourth-order valence-corrected chi connectivity index (χ4v) is 5.47. The van der Waals surface area contributed by atoms with Crippen LogP contribution in [0.3, 0.4) is 0 Å². The number of aromatic nitrogens is 1. The van der Waals surface area contributed by atoms with Crippen LogP contribution in [-0.4, -0.2) is 21.8 Å². The lowest BCUT2D eigenvalue weighted by molar-refractivity contribution is -0.117. The number of hydrogen-bond donors (Lipinski definition) is 1. The van der Waals surface area contributed by atoms with Crippen molar-refractivity contribution in [2.24, 2.45) is 0 Å². The van der Waals surface area contributed by atoms with Crippen molar-refractivity contribution in [2.75, 3.05) is 4.90 Å². The Kier molecular flexibility index (Phi) is 4.53. The number of carbonyl (C=O) groups excluding carboxylic acids is 2. The lowest BCUT2D eigenvalue weighted by Crippen LogP contribution is -2.30. The Labute approximate surface area is 183 Å². The predicted molar refractivity (Wildman–Crippen MR) is 116 cm³/mol. The van der Waals surface area contributed by atoms with E-state index in [9.17, 15) is 19.1 Å². The Morgan fingerprint density at radius 1 is 1.26 bits per heavy atom. The molecule has 1 aromatic carbocycles. The summed E-state index contributed by atoms with van der Waals surface area (Å²) in [5, 5.41) is 14.7. The van der Waals surface area contributed by atoms with Gasteiger partial charge in [0.15, 0.2) is 16.7 Å². The van der Waals surface area contributed by atoms with Crippen molar-refractivity contribution in [1.29, 1.82) is 0 Å². The number of aryl methyl sites for hydroxylation is 2. The van der Waals surface area contributed by atoms with Gasteiger partial charge in [0.2, 0.25) is 0 Å². The van der Waals surface area contributed by atoms with E-state index < -0.39 is 29.3 Å². The molecule has 6 nitrogen and oxygen atoms in total. The van der Waals surface area contributed by atoms with Gasteiger partial charge in [0.1, 0.15) is 17.3 Å². The first kappa shape index (κ1) is 19.7. The van der Waals surface area contributed by atoms with Gasteiger partial charge in [0.25, 0.3) is 5.91 Å². The van der Waals surface area contributed by atoms with Crippen molar-refractivity contribution in [2.45, 2.75) is 19.9 Å². The zero-order chi connectivity index (χ0) is 21.9. The number of amides is 1. The van der Waals surface area contributed by atoms with E-state index in [-0.39, 0.29) is 10.7 Å². The highest BCUT2D eigenvalue weighted by atomic mass is 32.1. The number of ketones is 1.